The zero-order chi connectivity index (χ0) is 25.8. The average molecular weight is 484 g/mol. The Balaban J connectivity index is 1.67. The Morgan fingerprint density at radius 2 is 1.89 bits per heavy atom. The van der Waals surface area contributed by atoms with Crippen LogP contribution in [0.15, 0.2) is 30.3 Å². The van der Waals surface area contributed by atoms with Gasteiger partial charge >= 0.3 is 0 Å². The van der Waals surface area contributed by atoms with Crippen molar-refractivity contribution in [2.24, 2.45) is 13.0 Å². The number of ketones is 1. The summed E-state index contributed by atoms with van der Waals surface area (Å²) in [5, 5.41) is 11.4. The van der Waals surface area contributed by atoms with Crippen molar-refractivity contribution in [3.05, 3.63) is 36.0 Å². The Hall–Kier alpha value is -3.69. The van der Waals surface area contributed by atoms with Crippen molar-refractivity contribution in [1.29, 1.82) is 0 Å². The van der Waals surface area contributed by atoms with Gasteiger partial charge < -0.3 is 25.8 Å². The highest BCUT2D eigenvalue weighted by Gasteiger charge is 2.34. The Morgan fingerprint density at radius 1 is 1.17 bits per heavy atom. The summed E-state index contributed by atoms with van der Waals surface area (Å²) < 4.78 is 1.73. The van der Waals surface area contributed by atoms with Gasteiger partial charge in [0.2, 0.25) is 17.6 Å². The van der Waals surface area contributed by atoms with E-state index in [1.807, 2.05) is 24.3 Å². The van der Waals surface area contributed by atoms with Crippen molar-refractivity contribution in [3.8, 4) is 0 Å². The fraction of sp³-hybridized carbons (Fsp3) is 0.480. The van der Waals surface area contributed by atoms with Crippen LogP contribution in [0.2, 0.25) is 0 Å². The fourth-order valence-electron chi connectivity index (χ4n) is 4.14. The van der Waals surface area contributed by atoms with Gasteiger partial charge in [-0.1, -0.05) is 18.2 Å². The molecule has 2 heterocycles. The lowest BCUT2D eigenvalue weighted by Gasteiger charge is -2.27. The van der Waals surface area contributed by atoms with E-state index in [1.54, 1.807) is 38.5 Å². The van der Waals surface area contributed by atoms with Crippen LogP contribution in [0.5, 0.6) is 0 Å². The van der Waals surface area contributed by atoms with E-state index in [4.69, 9.17) is 0 Å². The van der Waals surface area contributed by atoms with Crippen molar-refractivity contribution >= 4 is 40.3 Å². The van der Waals surface area contributed by atoms with Gasteiger partial charge in [-0.2, -0.15) is 0 Å². The molecule has 10 nitrogen and oxygen atoms in total. The highest BCUT2D eigenvalue weighted by molar-refractivity contribution is 6.38. The molecular formula is C25H33N5O5. The summed E-state index contributed by atoms with van der Waals surface area (Å²) in [5.41, 5.74) is 0.620. The first-order valence-electron chi connectivity index (χ1n) is 11.7. The molecule has 1 fully saturated rings. The molecule has 35 heavy (non-hydrogen) atoms. The number of nitrogens with one attached hydrogen (secondary N) is 4. The number of benzene rings is 1. The number of fused-ring (bicyclic) bond motifs is 1. The lowest BCUT2D eigenvalue weighted by Crippen LogP contribution is -2.54. The van der Waals surface area contributed by atoms with E-state index in [-0.39, 0.29) is 18.9 Å². The first kappa shape index (κ1) is 25.9. The predicted molar refractivity (Wildman–Crippen MR) is 130 cm³/mol. The highest BCUT2D eigenvalue weighted by atomic mass is 16.2. The van der Waals surface area contributed by atoms with Crippen LogP contribution in [0.25, 0.3) is 10.9 Å². The topological polar surface area (TPSA) is 138 Å². The number of carbonyl (C=O) groups is 5. The van der Waals surface area contributed by atoms with Crippen LogP contribution in [-0.2, 0) is 26.2 Å². The molecule has 1 aromatic heterocycles. The van der Waals surface area contributed by atoms with Crippen LogP contribution in [0.1, 0.15) is 50.5 Å². The molecule has 2 atom stereocenters. The van der Waals surface area contributed by atoms with Crippen molar-refractivity contribution < 1.29 is 24.0 Å². The summed E-state index contributed by atoms with van der Waals surface area (Å²) in [6.45, 7) is 5.39. The average Bonchev–Trinajstić information content (AvgIpc) is 3.13. The minimum Gasteiger partial charge on any atom is -0.356 e. The maximum atomic E-state index is 12.9. The van der Waals surface area contributed by atoms with Gasteiger partial charge in [-0.05, 0) is 52.2 Å². The maximum Gasteiger partial charge on any atom is 0.290 e. The number of Topliss-reactive ketones (excluding diaryl/α,β-unsaturated/α-hetero) is 1. The molecule has 188 valence electrons. The molecule has 0 unspecified atom stereocenters. The van der Waals surface area contributed by atoms with Crippen molar-refractivity contribution in [1.82, 2.24) is 25.8 Å². The molecule has 2 aromatic rings. The van der Waals surface area contributed by atoms with E-state index in [2.05, 4.69) is 21.3 Å². The van der Waals surface area contributed by atoms with Crippen LogP contribution in [0.3, 0.4) is 0 Å². The normalized spacial score (nSPS) is 16.8. The zero-order valence-electron chi connectivity index (χ0n) is 20.6. The zero-order valence-corrected chi connectivity index (χ0v) is 20.6. The SMILES string of the molecule is Cn1c(C(=O)NCC(=O)N[C@@H](C[C@@H]2CCCNC2=O)C(=O)C(=O)NC(C)(C)C)cc2ccccc21. The molecule has 1 saturated heterocycles. The first-order chi connectivity index (χ1) is 16.5. The molecule has 0 saturated carbocycles. The molecular weight excluding hydrogens is 450 g/mol. The van der Waals surface area contributed by atoms with Gasteiger partial charge in [0.05, 0.1) is 12.6 Å². The van der Waals surface area contributed by atoms with E-state index >= 15 is 0 Å². The third-order valence-electron chi connectivity index (χ3n) is 5.88. The van der Waals surface area contributed by atoms with Gasteiger partial charge in [0.15, 0.2) is 0 Å². The van der Waals surface area contributed by atoms with Crippen LogP contribution >= 0.6 is 0 Å². The molecule has 1 aromatic carbocycles. The Bertz CT molecular complexity index is 1150. The number of amides is 4. The highest BCUT2D eigenvalue weighted by Crippen LogP contribution is 2.19. The van der Waals surface area contributed by atoms with Gasteiger partial charge in [-0.15, -0.1) is 0 Å². The first-order valence-corrected chi connectivity index (χ1v) is 11.7. The maximum absolute atomic E-state index is 12.9. The molecule has 0 bridgehead atoms. The van der Waals surface area contributed by atoms with E-state index < -0.39 is 41.0 Å². The summed E-state index contributed by atoms with van der Waals surface area (Å²) in [7, 11) is 1.76. The second-order valence-corrected chi connectivity index (χ2v) is 9.88. The largest absolute Gasteiger partial charge is 0.356 e. The smallest absolute Gasteiger partial charge is 0.290 e. The van der Waals surface area contributed by atoms with Gasteiger partial charge in [0.25, 0.3) is 11.8 Å². The number of para-hydroxylation sites is 1. The molecule has 4 N–H and O–H groups in total. The van der Waals surface area contributed by atoms with Gasteiger partial charge in [0, 0.05) is 36.0 Å². The number of piperidine rings is 1. The summed E-state index contributed by atoms with van der Waals surface area (Å²) in [6, 6.07) is 8.06. The van der Waals surface area contributed by atoms with E-state index in [1.165, 1.54) is 0 Å². The Labute approximate surface area is 204 Å². The second-order valence-electron chi connectivity index (χ2n) is 9.88. The summed E-state index contributed by atoms with van der Waals surface area (Å²) >= 11 is 0. The van der Waals surface area contributed by atoms with Crippen LogP contribution in [0, 0.1) is 5.92 Å². The molecule has 10 heteroatoms. The minimum absolute atomic E-state index is 0.00508. The summed E-state index contributed by atoms with van der Waals surface area (Å²) in [5.74, 6) is -3.44. The van der Waals surface area contributed by atoms with E-state index in [0.29, 0.717) is 18.7 Å². The number of aromatic nitrogens is 1. The number of hydrogen-bond acceptors (Lipinski definition) is 5. The lowest BCUT2D eigenvalue weighted by molar-refractivity contribution is -0.141. The van der Waals surface area contributed by atoms with Gasteiger partial charge in [-0.25, -0.2) is 0 Å². The van der Waals surface area contributed by atoms with Crippen molar-refractivity contribution in [2.45, 2.75) is 51.6 Å². The Kier molecular flexibility index (Phi) is 7.93. The Morgan fingerprint density at radius 3 is 2.54 bits per heavy atom. The molecule has 0 radical (unpaired) electrons. The van der Waals surface area contributed by atoms with Crippen molar-refractivity contribution in [3.63, 3.8) is 0 Å². The standard InChI is InChI=1S/C25H33N5O5/c1-25(2,3)29-24(35)21(32)17(12-16-9-7-11-26-22(16)33)28-20(31)14-27-23(34)19-13-15-8-5-6-10-18(15)30(19)4/h5-6,8,10,13,16-17H,7,9,11-12,14H2,1-4H3,(H,26,33)(H,27,34)(H,28,31)(H,29,35)/t16-,17-/m0/s1. The lowest BCUT2D eigenvalue weighted by atomic mass is 9.89. The number of aryl methyl sites for hydroxylation is 1. The molecule has 4 amide bonds. The third kappa shape index (κ3) is 6.68. The van der Waals surface area contributed by atoms with Gasteiger partial charge in [-0.3, -0.25) is 24.0 Å². The molecule has 3 rings (SSSR count). The monoisotopic (exact) mass is 483 g/mol. The third-order valence-corrected chi connectivity index (χ3v) is 5.88. The van der Waals surface area contributed by atoms with E-state index in [9.17, 15) is 24.0 Å². The van der Waals surface area contributed by atoms with Crippen LogP contribution in [0.4, 0.5) is 0 Å². The summed E-state index contributed by atoms with van der Waals surface area (Å²) in [4.78, 5) is 63.0. The number of rotatable bonds is 8. The fourth-order valence-corrected chi connectivity index (χ4v) is 4.14. The number of carbonyl (C=O) groups excluding carboxylic acids is 5. The molecule has 1 aliphatic rings. The molecule has 0 spiro atoms. The van der Waals surface area contributed by atoms with Crippen LogP contribution < -0.4 is 21.3 Å². The number of nitrogens with zero attached hydrogens (tertiary/aromatic N) is 1. The van der Waals surface area contributed by atoms with Gasteiger partial charge in [0.1, 0.15) is 5.69 Å². The summed E-state index contributed by atoms with van der Waals surface area (Å²) in [6.07, 6.45) is 1.32. The van der Waals surface area contributed by atoms with Crippen molar-refractivity contribution in [2.75, 3.05) is 13.1 Å². The molecule has 0 aliphatic carbocycles. The molecule has 1 aliphatic heterocycles. The minimum atomic E-state index is -1.19. The predicted octanol–water partition coefficient (Wildman–Crippen LogP) is 0.793. The second kappa shape index (κ2) is 10.7. The quantitative estimate of drug-likeness (QED) is 0.411. The number of hydrogen-bond donors (Lipinski definition) is 4. The van der Waals surface area contributed by atoms with Crippen LogP contribution in [-0.4, -0.2) is 58.6 Å². The van der Waals surface area contributed by atoms with E-state index in [0.717, 1.165) is 17.3 Å².